The molecule has 0 saturated heterocycles. The number of carbonyl (C=O) groups excluding carboxylic acids is 1. The molecule has 32 heavy (non-hydrogen) atoms. The Balaban J connectivity index is 1.90. The van der Waals surface area contributed by atoms with Crippen LogP contribution in [0.25, 0.3) is 6.08 Å². The fourth-order valence-corrected chi connectivity index (χ4v) is 3.65. The monoisotopic (exact) mass is 484 g/mol. The highest BCUT2D eigenvalue weighted by atomic mass is 35.5. The highest BCUT2D eigenvalue weighted by molar-refractivity contribution is 6.36. The summed E-state index contributed by atoms with van der Waals surface area (Å²) in [5, 5.41) is 13.7. The molecule has 3 aromatic carbocycles. The third kappa shape index (κ3) is 5.83. The lowest BCUT2D eigenvalue weighted by molar-refractivity contribution is -0.112. The lowest BCUT2D eigenvalue weighted by Gasteiger charge is -2.13. The number of halogens is 3. The Morgan fingerprint density at radius 3 is 2.47 bits per heavy atom. The molecule has 3 aromatic rings. The average molecular weight is 486 g/mol. The fraction of sp³-hybridized carbons (Fsp3) is 0.120. The van der Waals surface area contributed by atoms with E-state index in [4.69, 9.17) is 39.5 Å². The van der Waals surface area contributed by atoms with E-state index in [-0.39, 0.29) is 17.2 Å². The number of anilines is 1. The van der Waals surface area contributed by atoms with Gasteiger partial charge in [-0.05, 0) is 66.9 Å². The molecule has 0 saturated carbocycles. The zero-order valence-electron chi connectivity index (χ0n) is 17.4. The first-order chi connectivity index (χ1) is 15.3. The van der Waals surface area contributed by atoms with Crippen molar-refractivity contribution in [2.24, 2.45) is 0 Å². The zero-order valence-corrected chi connectivity index (χ0v) is 19.6. The average Bonchev–Trinajstić information content (AvgIpc) is 2.75. The van der Waals surface area contributed by atoms with Gasteiger partial charge in [0.2, 0.25) is 0 Å². The fourth-order valence-electron chi connectivity index (χ4n) is 2.96. The predicted molar refractivity (Wildman–Crippen MR) is 130 cm³/mol. The van der Waals surface area contributed by atoms with Gasteiger partial charge in [0.15, 0.2) is 0 Å². The van der Waals surface area contributed by atoms with Crippen molar-refractivity contribution >= 4 is 52.5 Å². The van der Waals surface area contributed by atoms with E-state index in [0.29, 0.717) is 27.0 Å². The van der Waals surface area contributed by atoms with E-state index in [1.165, 1.54) is 6.08 Å². The topological polar surface area (TPSA) is 62.1 Å². The lowest BCUT2D eigenvalue weighted by atomic mass is 10.1. The summed E-state index contributed by atoms with van der Waals surface area (Å²) in [6.45, 7) is 4.07. The molecule has 0 heterocycles. The second kappa shape index (κ2) is 10.6. The molecule has 3 rings (SSSR count). The van der Waals surface area contributed by atoms with E-state index in [1.807, 2.05) is 44.2 Å². The van der Waals surface area contributed by atoms with E-state index < -0.39 is 5.91 Å². The van der Waals surface area contributed by atoms with Crippen LogP contribution in [-0.2, 0) is 11.4 Å². The predicted octanol–water partition coefficient (Wildman–Crippen LogP) is 7.39. The van der Waals surface area contributed by atoms with Gasteiger partial charge in [-0.2, -0.15) is 5.26 Å². The molecule has 0 radical (unpaired) electrons. The molecule has 7 heteroatoms. The molecule has 0 aliphatic carbocycles. The molecule has 0 fully saturated rings. The summed E-state index contributed by atoms with van der Waals surface area (Å²) in [6, 6.07) is 17.8. The third-order valence-electron chi connectivity index (χ3n) is 4.85. The maximum atomic E-state index is 12.8. The van der Waals surface area contributed by atoms with Crippen LogP contribution in [-0.4, -0.2) is 5.91 Å². The number of ether oxygens (including phenoxy) is 1. The van der Waals surface area contributed by atoms with Gasteiger partial charge in [-0.15, -0.1) is 0 Å². The maximum Gasteiger partial charge on any atom is 0.266 e. The Labute approximate surface area is 202 Å². The molecular formula is C25H19Cl3N2O2. The number of benzene rings is 3. The summed E-state index contributed by atoms with van der Waals surface area (Å²) in [6.07, 6.45) is 1.41. The second-order valence-electron chi connectivity index (χ2n) is 7.09. The first-order valence-corrected chi connectivity index (χ1v) is 10.8. The van der Waals surface area contributed by atoms with Gasteiger partial charge in [-0.3, -0.25) is 4.79 Å². The SMILES string of the molecule is Cc1cccc(NC(=O)/C(C#N)=C/c2cc(Cl)cc(Cl)c2OCc2ccc(Cl)cc2)c1C. The van der Waals surface area contributed by atoms with Crippen LogP contribution in [0.3, 0.4) is 0 Å². The van der Waals surface area contributed by atoms with Crippen molar-refractivity contribution < 1.29 is 9.53 Å². The van der Waals surface area contributed by atoms with Crippen LogP contribution in [0.15, 0.2) is 60.2 Å². The largest absolute Gasteiger partial charge is 0.487 e. The summed E-state index contributed by atoms with van der Waals surface area (Å²) in [5.74, 6) is -0.223. The van der Waals surface area contributed by atoms with Crippen LogP contribution in [0.1, 0.15) is 22.3 Å². The Hall–Kier alpha value is -2.97. The number of amides is 1. The van der Waals surface area contributed by atoms with Crippen molar-refractivity contribution in [1.82, 2.24) is 0 Å². The minimum absolute atomic E-state index is 0.111. The number of nitrogens with zero attached hydrogens (tertiary/aromatic N) is 1. The van der Waals surface area contributed by atoms with Crippen molar-refractivity contribution in [3.05, 3.63) is 97.5 Å². The summed E-state index contributed by atoms with van der Waals surface area (Å²) in [5.41, 5.74) is 3.79. The Morgan fingerprint density at radius 1 is 1.06 bits per heavy atom. The van der Waals surface area contributed by atoms with E-state index in [9.17, 15) is 10.1 Å². The first kappa shape index (κ1) is 23.7. The number of hydrogen-bond donors (Lipinski definition) is 1. The molecule has 162 valence electrons. The van der Waals surface area contributed by atoms with Crippen molar-refractivity contribution in [3.8, 4) is 11.8 Å². The van der Waals surface area contributed by atoms with Gasteiger partial charge in [-0.25, -0.2) is 0 Å². The standard InChI is InChI=1S/C25H19Cl3N2O2/c1-15-4-3-5-23(16(15)2)30-25(31)19(13-29)10-18-11-21(27)12-22(28)24(18)32-14-17-6-8-20(26)9-7-17/h3-12H,14H2,1-2H3,(H,30,31)/b19-10+. The van der Waals surface area contributed by atoms with Gasteiger partial charge in [0.05, 0.1) is 5.02 Å². The number of rotatable bonds is 6. The summed E-state index contributed by atoms with van der Waals surface area (Å²) in [4.78, 5) is 12.8. The van der Waals surface area contributed by atoms with Crippen LogP contribution in [0.4, 0.5) is 5.69 Å². The number of hydrogen-bond acceptors (Lipinski definition) is 3. The summed E-state index contributed by atoms with van der Waals surface area (Å²) >= 11 is 18.4. The van der Waals surface area contributed by atoms with Crippen LogP contribution in [0.5, 0.6) is 5.75 Å². The second-order valence-corrected chi connectivity index (χ2v) is 8.37. The Morgan fingerprint density at radius 2 is 1.78 bits per heavy atom. The molecule has 0 spiro atoms. The van der Waals surface area contributed by atoms with Gasteiger partial charge in [0, 0.05) is 21.3 Å². The van der Waals surface area contributed by atoms with E-state index in [0.717, 1.165) is 16.7 Å². The summed E-state index contributed by atoms with van der Waals surface area (Å²) in [7, 11) is 0. The highest BCUT2D eigenvalue weighted by Crippen LogP contribution is 2.35. The lowest BCUT2D eigenvalue weighted by Crippen LogP contribution is -2.14. The van der Waals surface area contributed by atoms with E-state index in [1.54, 1.807) is 30.3 Å². The van der Waals surface area contributed by atoms with Gasteiger partial charge in [0.25, 0.3) is 5.91 Å². The van der Waals surface area contributed by atoms with Gasteiger partial charge in [0.1, 0.15) is 24.0 Å². The van der Waals surface area contributed by atoms with Crippen LogP contribution in [0, 0.1) is 25.2 Å². The van der Waals surface area contributed by atoms with Crippen molar-refractivity contribution in [3.63, 3.8) is 0 Å². The third-order valence-corrected chi connectivity index (χ3v) is 5.60. The van der Waals surface area contributed by atoms with Gasteiger partial charge >= 0.3 is 0 Å². The molecule has 4 nitrogen and oxygen atoms in total. The zero-order chi connectivity index (χ0) is 23.3. The minimum atomic E-state index is -0.541. The van der Waals surface area contributed by atoms with E-state index in [2.05, 4.69) is 5.32 Å². The van der Waals surface area contributed by atoms with Gasteiger partial charge < -0.3 is 10.1 Å². The van der Waals surface area contributed by atoms with Crippen LogP contribution < -0.4 is 10.1 Å². The summed E-state index contributed by atoms with van der Waals surface area (Å²) < 4.78 is 5.91. The highest BCUT2D eigenvalue weighted by Gasteiger charge is 2.15. The van der Waals surface area contributed by atoms with Crippen LogP contribution >= 0.6 is 34.8 Å². The Bertz CT molecular complexity index is 1230. The molecule has 1 N–H and O–H groups in total. The first-order valence-electron chi connectivity index (χ1n) is 9.64. The van der Waals surface area contributed by atoms with Crippen molar-refractivity contribution in [1.29, 1.82) is 5.26 Å². The number of aryl methyl sites for hydroxylation is 1. The smallest absolute Gasteiger partial charge is 0.266 e. The molecule has 0 unspecified atom stereocenters. The molecule has 0 aromatic heterocycles. The van der Waals surface area contributed by atoms with Crippen LogP contribution in [0.2, 0.25) is 15.1 Å². The maximum absolute atomic E-state index is 12.8. The van der Waals surface area contributed by atoms with Gasteiger partial charge in [-0.1, -0.05) is 59.1 Å². The van der Waals surface area contributed by atoms with Crippen molar-refractivity contribution in [2.75, 3.05) is 5.32 Å². The molecule has 0 atom stereocenters. The Kier molecular flexibility index (Phi) is 7.82. The molecular weight excluding hydrogens is 467 g/mol. The minimum Gasteiger partial charge on any atom is -0.487 e. The molecule has 0 bridgehead atoms. The molecule has 0 aliphatic heterocycles. The number of nitrogens with one attached hydrogen (secondary N) is 1. The van der Waals surface area contributed by atoms with Crippen molar-refractivity contribution in [2.45, 2.75) is 20.5 Å². The normalized spacial score (nSPS) is 11.1. The number of carbonyl (C=O) groups is 1. The van der Waals surface area contributed by atoms with E-state index >= 15 is 0 Å². The molecule has 1 amide bonds. The quantitative estimate of drug-likeness (QED) is 0.292. The number of nitriles is 1. The molecule has 0 aliphatic rings.